The molecule has 1 aliphatic carbocycles. The summed E-state index contributed by atoms with van der Waals surface area (Å²) in [6.45, 7) is 2.24. The second kappa shape index (κ2) is 8.38. The molecule has 1 unspecified atom stereocenters. The Hall–Kier alpha value is -4.38. The van der Waals surface area contributed by atoms with E-state index in [2.05, 4.69) is 80.8 Å². The lowest BCUT2D eigenvalue weighted by Crippen LogP contribution is -2.28. The van der Waals surface area contributed by atoms with Crippen molar-refractivity contribution >= 4 is 22.6 Å². The number of pyridine rings is 1. The molecule has 0 saturated carbocycles. The van der Waals surface area contributed by atoms with E-state index in [0.29, 0.717) is 5.56 Å². The maximum Gasteiger partial charge on any atom is 0.252 e. The van der Waals surface area contributed by atoms with Crippen LogP contribution in [0.1, 0.15) is 40.4 Å². The molecule has 1 aliphatic heterocycles. The molecule has 3 heterocycles. The number of carbonyl (C=O) groups is 1. The summed E-state index contributed by atoms with van der Waals surface area (Å²) in [6, 6.07) is 27.2. The van der Waals surface area contributed by atoms with Crippen LogP contribution in [0.2, 0.25) is 0 Å². The van der Waals surface area contributed by atoms with Crippen molar-refractivity contribution in [1.82, 2.24) is 15.3 Å². The Balaban J connectivity index is 1.32. The van der Waals surface area contributed by atoms with Crippen LogP contribution >= 0.6 is 0 Å². The van der Waals surface area contributed by atoms with E-state index in [1.807, 2.05) is 18.3 Å². The van der Waals surface area contributed by atoms with Gasteiger partial charge in [0.2, 0.25) is 0 Å². The monoisotopic (exact) mass is 470 g/mol. The Kier molecular flexibility index (Phi) is 4.88. The molecule has 0 radical (unpaired) electrons. The number of anilines is 1. The zero-order valence-corrected chi connectivity index (χ0v) is 19.9. The van der Waals surface area contributed by atoms with Gasteiger partial charge in [0, 0.05) is 36.6 Å². The summed E-state index contributed by atoms with van der Waals surface area (Å²) < 4.78 is 0. The highest BCUT2D eigenvalue weighted by Gasteiger charge is 2.32. The number of aromatic nitrogens is 2. The molecule has 1 amide bonds. The van der Waals surface area contributed by atoms with E-state index in [-0.39, 0.29) is 11.9 Å². The van der Waals surface area contributed by atoms with Gasteiger partial charge in [-0.05, 0) is 70.5 Å². The highest BCUT2D eigenvalue weighted by Crippen LogP contribution is 2.48. The average molecular weight is 471 g/mol. The summed E-state index contributed by atoms with van der Waals surface area (Å²) in [4.78, 5) is 23.4. The number of rotatable bonds is 4. The van der Waals surface area contributed by atoms with E-state index in [4.69, 9.17) is 0 Å². The van der Waals surface area contributed by atoms with Crippen molar-refractivity contribution in [3.63, 3.8) is 0 Å². The minimum Gasteiger partial charge on any atom is -0.372 e. The molecule has 5 heteroatoms. The number of amides is 1. The standard InChI is InChI=1S/C31H26N4O/c36-31(26-14-16-33-30-25(26)13-15-32-30)34-29-24-10-2-1-9-23(24)28-22(11-6-12-27(28)29)20-7-5-8-21(19-20)35-17-3-4-18-35/h1-2,5-16,19,29H,3-4,17-18H2,(H,32,33)(H,34,36). The van der Waals surface area contributed by atoms with Crippen molar-refractivity contribution in [1.29, 1.82) is 0 Å². The second-order valence-corrected chi connectivity index (χ2v) is 9.61. The van der Waals surface area contributed by atoms with E-state index in [1.165, 1.54) is 40.8 Å². The summed E-state index contributed by atoms with van der Waals surface area (Å²) in [5, 5.41) is 4.16. The molecule has 0 spiro atoms. The van der Waals surface area contributed by atoms with Crippen LogP contribution in [0.5, 0.6) is 0 Å². The SMILES string of the molecule is O=C(NC1c2ccccc2-c2c(-c3cccc(N4CCCC4)c3)cccc21)c1ccnc2[nH]ccc12. The van der Waals surface area contributed by atoms with Gasteiger partial charge < -0.3 is 15.2 Å². The number of nitrogens with one attached hydrogen (secondary N) is 2. The number of hydrogen-bond acceptors (Lipinski definition) is 3. The smallest absolute Gasteiger partial charge is 0.252 e. The van der Waals surface area contributed by atoms with Gasteiger partial charge in [-0.15, -0.1) is 0 Å². The first-order chi connectivity index (χ1) is 17.8. The van der Waals surface area contributed by atoms with Crippen LogP contribution in [0.25, 0.3) is 33.3 Å². The van der Waals surface area contributed by atoms with Crippen molar-refractivity contribution in [2.45, 2.75) is 18.9 Å². The second-order valence-electron chi connectivity index (χ2n) is 9.61. The van der Waals surface area contributed by atoms with E-state index < -0.39 is 0 Å². The van der Waals surface area contributed by atoms with Crippen LogP contribution in [-0.2, 0) is 0 Å². The molecule has 36 heavy (non-hydrogen) atoms. The lowest BCUT2D eigenvalue weighted by atomic mass is 9.93. The Morgan fingerprint density at radius 2 is 1.69 bits per heavy atom. The fourth-order valence-electron chi connectivity index (χ4n) is 5.86. The fourth-order valence-corrected chi connectivity index (χ4v) is 5.86. The first-order valence-electron chi connectivity index (χ1n) is 12.6. The summed E-state index contributed by atoms with van der Waals surface area (Å²) in [5.41, 5.74) is 9.69. The Bertz CT molecular complexity index is 1610. The molecule has 1 fully saturated rings. The zero-order chi connectivity index (χ0) is 24.1. The van der Waals surface area contributed by atoms with Gasteiger partial charge in [-0.1, -0.05) is 54.6 Å². The Morgan fingerprint density at radius 3 is 2.61 bits per heavy atom. The van der Waals surface area contributed by atoms with Gasteiger partial charge in [-0.25, -0.2) is 4.98 Å². The van der Waals surface area contributed by atoms with E-state index in [9.17, 15) is 4.79 Å². The Morgan fingerprint density at radius 1 is 0.889 bits per heavy atom. The van der Waals surface area contributed by atoms with Gasteiger partial charge >= 0.3 is 0 Å². The van der Waals surface area contributed by atoms with Crippen LogP contribution in [0, 0.1) is 0 Å². The summed E-state index contributed by atoms with van der Waals surface area (Å²) in [7, 11) is 0. The lowest BCUT2D eigenvalue weighted by molar-refractivity contribution is 0.0945. The third kappa shape index (κ3) is 3.31. The molecule has 3 aromatic carbocycles. The number of benzene rings is 3. The molecule has 0 bridgehead atoms. The van der Waals surface area contributed by atoms with Gasteiger partial charge in [-0.2, -0.15) is 0 Å². The molecular weight excluding hydrogens is 444 g/mol. The molecule has 5 nitrogen and oxygen atoms in total. The van der Waals surface area contributed by atoms with Gasteiger partial charge in [0.05, 0.1) is 11.6 Å². The molecule has 2 aliphatic rings. The van der Waals surface area contributed by atoms with E-state index >= 15 is 0 Å². The first-order valence-corrected chi connectivity index (χ1v) is 12.6. The number of H-pyrrole nitrogens is 1. The minimum atomic E-state index is -0.215. The van der Waals surface area contributed by atoms with Gasteiger partial charge in [0.1, 0.15) is 5.65 Å². The summed E-state index contributed by atoms with van der Waals surface area (Å²) in [5.74, 6) is -0.101. The predicted molar refractivity (Wildman–Crippen MR) is 144 cm³/mol. The highest BCUT2D eigenvalue weighted by atomic mass is 16.1. The van der Waals surface area contributed by atoms with E-state index in [0.717, 1.165) is 35.2 Å². The average Bonchev–Trinajstić information content (AvgIpc) is 3.69. The van der Waals surface area contributed by atoms with Crippen molar-refractivity contribution in [3.8, 4) is 22.3 Å². The summed E-state index contributed by atoms with van der Waals surface area (Å²) >= 11 is 0. The van der Waals surface area contributed by atoms with Crippen LogP contribution in [-0.4, -0.2) is 29.0 Å². The summed E-state index contributed by atoms with van der Waals surface area (Å²) in [6.07, 6.45) is 6.01. The number of fused-ring (bicyclic) bond motifs is 4. The largest absolute Gasteiger partial charge is 0.372 e. The van der Waals surface area contributed by atoms with Crippen molar-refractivity contribution in [3.05, 3.63) is 108 Å². The topological polar surface area (TPSA) is 61.0 Å². The maximum absolute atomic E-state index is 13.5. The quantitative estimate of drug-likeness (QED) is 0.323. The van der Waals surface area contributed by atoms with E-state index in [1.54, 1.807) is 12.3 Å². The highest BCUT2D eigenvalue weighted by molar-refractivity contribution is 6.06. The van der Waals surface area contributed by atoms with Crippen LogP contribution in [0.4, 0.5) is 5.69 Å². The van der Waals surface area contributed by atoms with Crippen molar-refractivity contribution in [2.24, 2.45) is 0 Å². The molecule has 2 N–H and O–H groups in total. The molecule has 1 saturated heterocycles. The van der Waals surface area contributed by atoms with Gasteiger partial charge in [0.15, 0.2) is 0 Å². The van der Waals surface area contributed by atoms with Crippen LogP contribution < -0.4 is 10.2 Å². The lowest BCUT2D eigenvalue weighted by Gasteiger charge is -2.19. The van der Waals surface area contributed by atoms with Crippen molar-refractivity contribution < 1.29 is 4.79 Å². The van der Waals surface area contributed by atoms with Gasteiger partial charge in [0.25, 0.3) is 5.91 Å². The normalized spacial score (nSPS) is 16.2. The molecule has 2 aromatic heterocycles. The van der Waals surface area contributed by atoms with Crippen molar-refractivity contribution in [2.75, 3.05) is 18.0 Å². The fraction of sp³-hybridized carbons (Fsp3) is 0.161. The minimum absolute atomic E-state index is 0.101. The predicted octanol–water partition coefficient (Wildman–Crippen LogP) is 6.33. The zero-order valence-electron chi connectivity index (χ0n) is 19.9. The number of aromatic amines is 1. The number of hydrogen-bond donors (Lipinski definition) is 2. The molecular formula is C31H26N4O. The van der Waals surface area contributed by atoms with Crippen LogP contribution in [0.3, 0.4) is 0 Å². The first kappa shape index (κ1) is 20.9. The third-order valence-corrected chi connectivity index (χ3v) is 7.56. The molecule has 176 valence electrons. The molecule has 7 rings (SSSR count). The molecule has 1 atom stereocenters. The maximum atomic E-state index is 13.5. The van der Waals surface area contributed by atoms with Gasteiger partial charge in [-0.3, -0.25) is 4.79 Å². The third-order valence-electron chi connectivity index (χ3n) is 7.56. The Labute approximate surface area is 209 Å². The van der Waals surface area contributed by atoms with Crippen LogP contribution in [0.15, 0.2) is 91.3 Å². The number of carbonyl (C=O) groups excluding carboxylic acids is 1. The number of nitrogens with zero attached hydrogens (tertiary/aromatic N) is 2. The molecule has 5 aromatic rings.